The second-order valence-corrected chi connectivity index (χ2v) is 2.08. The molecule has 1 aromatic rings. The predicted molar refractivity (Wildman–Crippen MR) is 39.3 cm³/mol. The van der Waals surface area contributed by atoms with Gasteiger partial charge in [-0.05, 0) is 30.2 Å². The highest BCUT2D eigenvalue weighted by Crippen LogP contribution is 2.01. The highest BCUT2D eigenvalue weighted by Gasteiger charge is 1.92. The van der Waals surface area contributed by atoms with Crippen LogP contribution in [0.15, 0.2) is 24.3 Å². The van der Waals surface area contributed by atoms with Crippen LogP contribution >= 0.6 is 0 Å². The standard InChI is InChI=1S/C9H5F3/c10-8-4-1-7(2-5-8)3-6-9(11)12/h1-2,4-5,9H. The van der Waals surface area contributed by atoms with Crippen LogP contribution in [0.25, 0.3) is 0 Å². The average molecular weight is 170 g/mol. The summed E-state index contributed by atoms with van der Waals surface area (Å²) in [6.07, 6.45) is -2.64. The van der Waals surface area contributed by atoms with Crippen LogP contribution in [0.3, 0.4) is 0 Å². The van der Waals surface area contributed by atoms with E-state index in [1.165, 1.54) is 24.3 Å². The Kier molecular flexibility index (Phi) is 2.76. The Balaban J connectivity index is 2.79. The first-order valence-corrected chi connectivity index (χ1v) is 3.24. The van der Waals surface area contributed by atoms with Gasteiger partial charge in [-0.3, -0.25) is 0 Å². The molecular weight excluding hydrogens is 165 g/mol. The van der Waals surface area contributed by atoms with Crippen molar-refractivity contribution in [2.24, 2.45) is 0 Å². The third kappa shape index (κ3) is 2.67. The molecule has 0 saturated carbocycles. The number of rotatable bonds is 0. The summed E-state index contributed by atoms with van der Waals surface area (Å²) in [6, 6.07) is 5.06. The number of alkyl halides is 2. The summed E-state index contributed by atoms with van der Waals surface area (Å²) in [5.41, 5.74) is 0.386. The molecule has 62 valence electrons. The van der Waals surface area contributed by atoms with E-state index in [-0.39, 0.29) is 0 Å². The monoisotopic (exact) mass is 170 g/mol. The molecule has 0 spiro atoms. The Morgan fingerprint density at radius 2 is 1.67 bits per heavy atom. The summed E-state index contributed by atoms with van der Waals surface area (Å²) in [7, 11) is 0. The minimum atomic E-state index is -2.64. The van der Waals surface area contributed by atoms with Crippen molar-refractivity contribution in [2.45, 2.75) is 6.43 Å². The van der Waals surface area contributed by atoms with E-state index in [1.54, 1.807) is 5.92 Å². The number of hydrogen-bond donors (Lipinski definition) is 0. The van der Waals surface area contributed by atoms with Gasteiger partial charge in [-0.1, -0.05) is 5.92 Å². The second-order valence-electron chi connectivity index (χ2n) is 2.08. The molecule has 0 saturated heterocycles. The van der Waals surface area contributed by atoms with Crippen molar-refractivity contribution in [2.75, 3.05) is 0 Å². The Labute approximate surface area is 68.0 Å². The lowest BCUT2D eigenvalue weighted by Gasteiger charge is -1.88. The smallest absolute Gasteiger partial charge is 0.207 e. The Morgan fingerprint density at radius 1 is 1.08 bits per heavy atom. The summed E-state index contributed by atoms with van der Waals surface area (Å²) >= 11 is 0. The zero-order valence-corrected chi connectivity index (χ0v) is 6.02. The molecule has 0 fully saturated rings. The zero-order valence-electron chi connectivity index (χ0n) is 6.02. The van der Waals surface area contributed by atoms with Crippen LogP contribution in [0, 0.1) is 17.7 Å². The fraction of sp³-hybridized carbons (Fsp3) is 0.111. The fourth-order valence-electron chi connectivity index (χ4n) is 0.671. The molecule has 0 bridgehead atoms. The third-order valence-corrected chi connectivity index (χ3v) is 1.17. The van der Waals surface area contributed by atoms with Gasteiger partial charge in [0, 0.05) is 5.56 Å². The van der Waals surface area contributed by atoms with E-state index in [4.69, 9.17) is 0 Å². The molecule has 3 heteroatoms. The molecule has 0 aliphatic carbocycles. The maximum Gasteiger partial charge on any atom is 0.299 e. The molecule has 0 aromatic heterocycles. The molecule has 1 aromatic carbocycles. The lowest BCUT2D eigenvalue weighted by Crippen LogP contribution is -1.82. The minimum Gasteiger partial charge on any atom is -0.207 e. The van der Waals surface area contributed by atoms with Crippen LogP contribution < -0.4 is 0 Å². The largest absolute Gasteiger partial charge is 0.299 e. The van der Waals surface area contributed by atoms with Gasteiger partial charge in [-0.2, -0.15) is 8.78 Å². The van der Waals surface area contributed by atoms with Crippen molar-refractivity contribution in [3.63, 3.8) is 0 Å². The first-order chi connectivity index (χ1) is 5.68. The van der Waals surface area contributed by atoms with E-state index in [0.29, 0.717) is 5.56 Å². The third-order valence-electron chi connectivity index (χ3n) is 1.17. The van der Waals surface area contributed by atoms with E-state index in [1.807, 2.05) is 0 Å². The summed E-state index contributed by atoms with van der Waals surface area (Å²) in [5.74, 6) is 3.48. The van der Waals surface area contributed by atoms with E-state index >= 15 is 0 Å². The normalized spacial score (nSPS) is 9.33. The molecule has 0 nitrogen and oxygen atoms in total. The first-order valence-electron chi connectivity index (χ1n) is 3.24. The van der Waals surface area contributed by atoms with Gasteiger partial charge < -0.3 is 0 Å². The van der Waals surface area contributed by atoms with Crippen LogP contribution in [0.4, 0.5) is 13.2 Å². The summed E-state index contributed by atoms with van der Waals surface area (Å²) in [4.78, 5) is 0. The van der Waals surface area contributed by atoms with E-state index in [0.717, 1.165) is 0 Å². The molecule has 0 unspecified atom stereocenters. The predicted octanol–water partition coefficient (Wildman–Crippen LogP) is 2.44. The Morgan fingerprint density at radius 3 is 2.17 bits per heavy atom. The Bertz CT molecular complexity index is 303. The highest BCUT2D eigenvalue weighted by molar-refractivity contribution is 5.34. The van der Waals surface area contributed by atoms with Gasteiger partial charge >= 0.3 is 0 Å². The molecular formula is C9H5F3. The van der Waals surface area contributed by atoms with Crippen molar-refractivity contribution < 1.29 is 13.2 Å². The van der Waals surface area contributed by atoms with Crippen molar-refractivity contribution in [3.05, 3.63) is 35.6 Å². The topological polar surface area (TPSA) is 0 Å². The molecule has 0 aliphatic heterocycles. The number of benzene rings is 1. The van der Waals surface area contributed by atoms with E-state index < -0.39 is 12.2 Å². The van der Waals surface area contributed by atoms with Crippen molar-refractivity contribution in [1.29, 1.82) is 0 Å². The highest BCUT2D eigenvalue weighted by atomic mass is 19.3. The lowest BCUT2D eigenvalue weighted by molar-refractivity contribution is 0.215. The quantitative estimate of drug-likeness (QED) is 0.524. The second kappa shape index (κ2) is 3.82. The molecule has 0 N–H and O–H groups in total. The fourth-order valence-corrected chi connectivity index (χ4v) is 0.671. The van der Waals surface area contributed by atoms with Crippen molar-refractivity contribution >= 4 is 0 Å². The van der Waals surface area contributed by atoms with Gasteiger partial charge in [0.2, 0.25) is 0 Å². The van der Waals surface area contributed by atoms with E-state index in [2.05, 4.69) is 5.92 Å². The van der Waals surface area contributed by atoms with Gasteiger partial charge in [0.25, 0.3) is 6.43 Å². The van der Waals surface area contributed by atoms with Gasteiger partial charge in [0.15, 0.2) is 0 Å². The maximum absolute atomic E-state index is 12.3. The lowest BCUT2D eigenvalue weighted by atomic mass is 10.2. The SMILES string of the molecule is Fc1ccc(C#CC(F)F)cc1. The molecule has 0 aliphatic rings. The van der Waals surface area contributed by atoms with Crippen molar-refractivity contribution in [3.8, 4) is 11.8 Å². The molecule has 0 radical (unpaired) electrons. The molecule has 12 heavy (non-hydrogen) atoms. The van der Waals surface area contributed by atoms with Gasteiger partial charge in [0.1, 0.15) is 5.82 Å². The van der Waals surface area contributed by atoms with Crippen LogP contribution in [0.1, 0.15) is 5.56 Å². The summed E-state index contributed by atoms with van der Waals surface area (Å²) in [5, 5.41) is 0. The van der Waals surface area contributed by atoms with Crippen LogP contribution in [-0.4, -0.2) is 6.43 Å². The van der Waals surface area contributed by atoms with Crippen LogP contribution in [0.5, 0.6) is 0 Å². The average Bonchev–Trinajstić information content (AvgIpc) is 2.03. The van der Waals surface area contributed by atoms with E-state index in [9.17, 15) is 13.2 Å². The summed E-state index contributed by atoms with van der Waals surface area (Å²) < 4.78 is 35.4. The molecule has 0 amide bonds. The van der Waals surface area contributed by atoms with Gasteiger partial charge in [-0.15, -0.1) is 0 Å². The Hall–Kier alpha value is -1.43. The zero-order chi connectivity index (χ0) is 8.97. The maximum atomic E-state index is 12.3. The number of hydrogen-bond acceptors (Lipinski definition) is 0. The molecule has 0 heterocycles. The van der Waals surface area contributed by atoms with Crippen LogP contribution in [-0.2, 0) is 0 Å². The minimum absolute atomic E-state index is 0.386. The summed E-state index contributed by atoms with van der Waals surface area (Å²) in [6.45, 7) is 0. The van der Waals surface area contributed by atoms with Crippen molar-refractivity contribution in [1.82, 2.24) is 0 Å². The van der Waals surface area contributed by atoms with Gasteiger partial charge in [0.05, 0.1) is 0 Å². The molecule has 0 atom stereocenters. The molecule has 1 rings (SSSR count). The number of halogens is 3. The first kappa shape index (κ1) is 8.66. The van der Waals surface area contributed by atoms with Crippen LogP contribution in [0.2, 0.25) is 0 Å². The van der Waals surface area contributed by atoms with Gasteiger partial charge in [-0.25, -0.2) is 4.39 Å².